The van der Waals surface area contributed by atoms with E-state index in [1.165, 1.54) is 12.1 Å². The Morgan fingerprint density at radius 3 is 2.52 bits per heavy atom. The molecule has 0 fully saturated rings. The van der Waals surface area contributed by atoms with Crippen molar-refractivity contribution in [3.63, 3.8) is 0 Å². The van der Waals surface area contributed by atoms with Gasteiger partial charge in [0.05, 0.1) is 11.1 Å². The van der Waals surface area contributed by atoms with Crippen LogP contribution in [0.5, 0.6) is 0 Å². The second-order valence-corrected chi connectivity index (χ2v) is 5.07. The van der Waals surface area contributed by atoms with Crippen LogP contribution >= 0.6 is 0 Å². The number of nitrogens with zero attached hydrogens (tertiary/aromatic N) is 3. The molecule has 0 unspecified atom stereocenters. The van der Waals surface area contributed by atoms with Crippen LogP contribution in [-0.2, 0) is 0 Å². The van der Waals surface area contributed by atoms with Crippen molar-refractivity contribution >= 4 is 17.0 Å². The predicted octanol–water partition coefficient (Wildman–Crippen LogP) is 3.28. The fourth-order valence-electron chi connectivity index (χ4n) is 2.12. The minimum Gasteiger partial charge on any atom is -0.363 e. The molecule has 0 saturated heterocycles. The first-order chi connectivity index (χ1) is 9.97. The van der Waals surface area contributed by atoms with Crippen molar-refractivity contribution in [1.29, 1.82) is 0 Å². The van der Waals surface area contributed by atoms with E-state index in [0.717, 1.165) is 5.82 Å². The van der Waals surface area contributed by atoms with Crippen LogP contribution in [0.25, 0.3) is 22.6 Å². The predicted molar refractivity (Wildman–Crippen MR) is 78.3 cm³/mol. The lowest BCUT2D eigenvalue weighted by molar-refractivity contribution is 0.582. The van der Waals surface area contributed by atoms with Crippen LogP contribution < -0.4 is 4.90 Å². The van der Waals surface area contributed by atoms with Crippen LogP contribution in [0.3, 0.4) is 0 Å². The van der Waals surface area contributed by atoms with Crippen LogP contribution in [0.1, 0.15) is 5.56 Å². The number of benzene rings is 1. The number of aromatic nitrogens is 3. The van der Waals surface area contributed by atoms with E-state index in [9.17, 15) is 8.78 Å². The van der Waals surface area contributed by atoms with Gasteiger partial charge in [0.1, 0.15) is 23.3 Å². The zero-order valence-corrected chi connectivity index (χ0v) is 11.9. The number of aromatic amines is 1. The normalized spacial score (nSPS) is 11.1. The van der Waals surface area contributed by atoms with Gasteiger partial charge in [-0.2, -0.15) is 0 Å². The van der Waals surface area contributed by atoms with Crippen molar-refractivity contribution in [2.24, 2.45) is 0 Å². The molecule has 0 amide bonds. The summed E-state index contributed by atoms with van der Waals surface area (Å²) in [7, 11) is 3.73. The van der Waals surface area contributed by atoms with Gasteiger partial charge in [0.15, 0.2) is 5.65 Å². The summed E-state index contributed by atoms with van der Waals surface area (Å²) in [6, 6.07) is 6.24. The lowest BCUT2D eigenvalue weighted by atomic mass is 10.1. The van der Waals surface area contributed by atoms with Gasteiger partial charge in [-0.25, -0.2) is 18.7 Å². The summed E-state index contributed by atoms with van der Waals surface area (Å²) >= 11 is 0. The number of hydrogen-bond acceptors (Lipinski definition) is 3. The molecule has 0 radical (unpaired) electrons. The Bertz CT molecular complexity index is 824. The van der Waals surface area contributed by atoms with E-state index in [0.29, 0.717) is 16.7 Å². The van der Waals surface area contributed by atoms with Crippen molar-refractivity contribution in [3.8, 4) is 11.4 Å². The fraction of sp³-hybridized carbons (Fsp3) is 0.200. The summed E-state index contributed by atoms with van der Waals surface area (Å²) < 4.78 is 28.1. The van der Waals surface area contributed by atoms with Gasteiger partial charge < -0.3 is 9.88 Å². The van der Waals surface area contributed by atoms with Gasteiger partial charge in [-0.1, -0.05) is 6.07 Å². The lowest BCUT2D eigenvalue weighted by Gasteiger charge is -2.09. The molecule has 0 aliphatic heterocycles. The molecule has 3 rings (SSSR count). The molecule has 2 heterocycles. The largest absolute Gasteiger partial charge is 0.363 e. The van der Waals surface area contributed by atoms with Gasteiger partial charge >= 0.3 is 0 Å². The quantitative estimate of drug-likeness (QED) is 0.787. The molecule has 1 N–H and O–H groups in total. The summed E-state index contributed by atoms with van der Waals surface area (Å²) in [6.45, 7) is 1.59. The molecule has 0 aliphatic rings. The Labute approximate surface area is 120 Å². The third-order valence-electron chi connectivity index (χ3n) is 3.31. The SMILES string of the molecule is Cc1ccc(F)c(-c2nc3nc(N(C)C)ccc3[nH]2)c1F. The first-order valence-corrected chi connectivity index (χ1v) is 6.46. The highest BCUT2D eigenvalue weighted by atomic mass is 19.1. The highest BCUT2D eigenvalue weighted by Crippen LogP contribution is 2.27. The van der Waals surface area contributed by atoms with E-state index in [-0.39, 0.29) is 11.4 Å². The Kier molecular flexibility index (Phi) is 3.08. The van der Waals surface area contributed by atoms with E-state index < -0.39 is 11.6 Å². The monoisotopic (exact) mass is 288 g/mol. The molecular weight excluding hydrogens is 274 g/mol. The molecule has 6 heteroatoms. The van der Waals surface area contributed by atoms with Crippen LogP contribution in [0.15, 0.2) is 24.3 Å². The topological polar surface area (TPSA) is 44.8 Å². The molecule has 2 aromatic heterocycles. The summed E-state index contributed by atoms with van der Waals surface area (Å²) in [4.78, 5) is 13.3. The van der Waals surface area contributed by atoms with E-state index >= 15 is 0 Å². The highest BCUT2D eigenvalue weighted by Gasteiger charge is 2.17. The molecule has 0 bridgehead atoms. The number of rotatable bonds is 2. The van der Waals surface area contributed by atoms with Gasteiger partial charge in [0.2, 0.25) is 0 Å². The third kappa shape index (κ3) is 2.22. The number of H-pyrrole nitrogens is 1. The summed E-state index contributed by atoms with van der Waals surface area (Å²) in [5, 5.41) is 0. The molecule has 108 valence electrons. The first kappa shape index (κ1) is 13.5. The number of aryl methyl sites for hydroxylation is 1. The minimum absolute atomic E-state index is 0.145. The molecule has 0 aliphatic carbocycles. The van der Waals surface area contributed by atoms with Crippen LogP contribution in [0.2, 0.25) is 0 Å². The molecule has 0 atom stereocenters. The molecule has 1 aromatic carbocycles. The second-order valence-electron chi connectivity index (χ2n) is 5.07. The van der Waals surface area contributed by atoms with Crippen molar-refractivity contribution in [3.05, 3.63) is 41.5 Å². The van der Waals surface area contributed by atoms with Gasteiger partial charge in [0.25, 0.3) is 0 Å². The summed E-state index contributed by atoms with van der Waals surface area (Å²) in [6.07, 6.45) is 0. The van der Waals surface area contributed by atoms with Crippen molar-refractivity contribution in [2.75, 3.05) is 19.0 Å². The van der Waals surface area contributed by atoms with E-state index in [2.05, 4.69) is 15.0 Å². The highest BCUT2D eigenvalue weighted by molar-refractivity contribution is 5.78. The molecule has 0 saturated carbocycles. The fourth-order valence-corrected chi connectivity index (χ4v) is 2.12. The van der Waals surface area contributed by atoms with Crippen LogP contribution in [0.4, 0.5) is 14.6 Å². The van der Waals surface area contributed by atoms with E-state index in [4.69, 9.17) is 0 Å². The molecular formula is C15H14F2N4. The number of halogens is 2. The Morgan fingerprint density at radius 1 is 1.05 bits per heavy atom. The summed E-state index contributed by atoms with van der Waals surface area (Å²) in [5.41, 5.74) is 1.28. The zero-order chi connectivity index (χ0) is 15.1. The summed E-state index contributed by atoms with van der Waals surface area (Å²) in [5.74, 6) is -0.385. The number of imidazole rings is 1. The number of nitrogens with one attached hydrogen (secondary N) is 1. The molecule has 21 heavy (non-hydrogen) atoms. The van der Waals surface area contributed by atoms with Gasteiger partial charge in [-0.3, -0.25) is 0 Å². The molecule has 4 nitrogen and oxygen atoms in total. The average molecular weight is 288 g/mol. The number of anilines is 1. The standard InChI is InChI=1S/C15H14F2N4/c1-8-4-5-9(16)12(13(8)17)15-18-10-6-7-11(21(2)3)19-14(10)20-15/h4-7H,1-3H3,(H,18,19,20). The second kappa shape index (κ2) is 4.80. The number of hydrogen-bond donors (Lipinski definition) is 1. The van der Waals surface area contributed by atoms with Crippen LogP contribution in [0, 0.1) is 18.6 Å². The van der Waals surface area contributed by atoms with E-state index in [1.807, 2.05) is 25.1 Å². The van der Waals surface area contributed by atoms with Gasteiger partial charge in [0, 0.05) is 14.1 Å². The maximum absolute atomic E-state index is 14.2. The number of pyridine rings is 1. The maximum atomic E-state index is 14.2. The first-order valence-electron chi connectivity index (χ1n) is 6.46. The minimum atomic E-state index is -0.648. The molecule has 3 aromatic rings. The lowest BCUT2D eigenvalue weighted by Crippen LogP contribution is -2.10. The zero-order valence-electron chi connectivity index (χ0n) is 11.9. The van der Waals surface area contributed by atoms with Crippen LogP contribution in [-0.4, -0.2) is 29.0 Å². The van der Waals surface area contributed by atoms with Gasteiger partial charge in [-0.15, -0.1) is 0 Å². The van der Waals surface area contributed by atoms with Crippen molar-refractivity contribution in [2.45, 2.75) is 6.92 Å². The Balaban J connectivity index is 2.20. The van der Waals surface area contributed by atoms with E-state index in [1.54, 1.807) is 13.0 Å². The maximum Gasteiger partial charge on any atom is 0.180 e. The van der Waals surface area contributed by atoms with Crippen molar-refractivity contribution in [1.82, 2.24) is 15.0 Å². The Hall–Kier alpha value is -2.50. The van der Waals surface area contributed by atoms with Gasteiger partial charge in [-0.05, 0) is 30.7 Å². The van der Waals surface area contributed by atoms with Crippen molar-refractivity contribution < 1.29 is 8.78 Å². The average Bonchev–Trinajstić information content (AvgIpc) is 2.85. The Morgan fingerprint density at radius 2 is 1.81 bits per heavy atom. The third-order valence-corrected chi connectivity index (χ3v) is 3.31. The number of fused-ring (bicyclic) bond motifs is 1. The smallest absolute Gasteiger partial charge is 0.180 e. The molecule has 0 spiro atoms.